The Kier molecular flexibility index (Phi) is 6.34. The summed E-state index contributed by atoms with van der Waals surface area (Å²) in [5, 5.41) is 0.807. The van der Waals surface area contributed by atoms with E-state index in [0.717, 1.165) is 28.8 Å². The molecule has 0 radical (unpaired) electrons. The van der Waals surface area contributed by atoms with Crippen molar-refractivity contribution in [3.05, 3.63) is 64.5 Å². The Morgan fingerprint density at radius 3 is 2.72 bits per heavy atom. The summed E-state index contributed by atoms with van der Waals surface area (Å²) >= 11 is 0. The van der Waals surface area contributed by atoms with E-state index in [1.807, 2.05) is 19.9 Å². The van der Waals surface area contributed by atoms with Crippen LogP contribution in [-0.4, -0.2) is 40.0 Å². The van der Waals surface area contributed by atoms with E-state index in [1.54, 1.807) is 17.0 Å². The Hall–Kier alpha value is -3.24. The summed E-state index contributed by atoms with van der Waals surface area (Å²) in [4.78, 5) is 24.1. The van der Waals surface area contributed by atoms with Crippen molar-refractivity contribution < 1.29 is 27.4 Å². The molecule has 1 saturated heterocycles. The molecule has 1 amide bonds. The quantitative estimate of drug-likeness (QED) is 0.549. The van der Waals surface area contributed by atoms with Crippen molar-refractivity contribution in [1.82, 2.24) is 14.9 Å². The largest absolute Gasteiger partial charge is 0.417 e. The third-order valence-electron chi connectivity index (χ3n) is 7.04. The lowest BCUT2D eigenvalue weighted by Crippen LogP contribution is -2.47. The molecular formula is C26H27F3N4O3. The minimum Gasteiger partial charge on any atom is -0.383 e. The number of ether oxygens (including phenoxy) is 2. The predicted molar refractivity (Wildman–Crippen MR) is 127 cm³/mol. The van der Waals surface area contributed by atoms with Gasteiger partial charge in [-0.25, -0.2) is 4.98 Å². The summed E-state index contributed by atoms with van der Waals surface area (Å²) < 4.78 is 50.3. The molecule has 2 aliphatic heterocycles. The number of pyridine rings is 2. The molecule has 7 nitrogen and oxygen atoms in total. The van der Waals surface area contributed by atoms with Crippen LogP contribution in [0.2, 0.25) is 0 Å². The van der Waals surface area contributed by atoms with Crippen LogP contribution in [0.1, 0.15) is 59.1 Å². The Balaban J connectivity index is 1.51. The van der Waals surface area contributed by atoms with Crippen LogP contribution in [-0.2, 0) is 28.8 Å². The number of carbonyl (C=O) groups excluding carboxylic acids is 1. The highest BCUT2D eigenvalue weighted by atomic mass is 19.4. The first kappa shape index (κ1) is 24.5. The highest BCUT2D eigenvalue weighted by molar-refractivity contribution is 5.99. The van der Waals surface area contributed by atoms with Gasteiger partial charge in [-0.2, -0.15) is 13.2 Å². The molecule has 3 aromatic rings. The van der Waals surface area contributed by atoms with Crippen LogP contribution in [0.25, 0.3) is 10.9 Å². The normalized spacial score (nSPS) is 22.0. The summed E-state index contributed by atoms with van der Waals surface area (Å²) in [5.41, 5.74) is 8.62. The van der Waals surface area contributed by atoms with Crippen molar-refractivity contribution in [2.45, 2.75) is 51.7 Å². The number of anilines is 1. The third-order valence-corrected chi connectivity index (χ3v) is 7.04. The van der Waals surface area contributed by atoms with E-state index in [0.29, 0.717) is 48.8 Å². The summed E-state index contributed by atoms with van der Waals surface area (Å²) in [6.07, 6.45) is -3.22. The Morgan fingerprint density at radius 2 is 2.03 bits per heavy atom. The van der Waals surface area contributed by atoms with Gasteiger partial charge >= 0.3 is 6.18 Å². The molecule has 0 spiro atoms. The first-order chi connectivity index (χ1) is 17.1. The van der Waals surface area contributed by atoms with Crippen LogP contribution in [0.5, 0.6) is 0 Å². The third kappa shape index (κ3) is 4.51. The number of nitrogen functional groups attached to an aromatic ring is 1. The molecule has 2 aliphatic rings. The summed E-state index contributed by atoms with van der Waals surface area (Å²) in [5.74, 6) is 0.250. The zero-order valence-corrected chi connectivity index (χ0v) is 20.0. The number of hydrogen-bond acceptors (Lipinski definition) is 6. The fraction of sp³-hybridized carbons (Fsp3) is 0.423. The summed E-state index contributed by atoms with van der Waals surface area (Å²) in [6, 6.07) is 7.46. The van der Waals surface area contributed by atoms with E-state index < -0.39 is 11.7 Å². The number of nitrogens with two attached hydrogens (primary N) is 1. The molecule has 1 aromatic carbocycles. The maximum absolute atomic E-state index is 13.9. The van der Waals surface area contributed by atoms with Gasteiger partial charge in [0.15, 0.2) is 0 Å². The fourth-order valence-corrected chi connectivity index (χ4v) is 5.10. The monoisotopic (exact) mass is 500 g/mol. The van der Waals surface area contributed by atoms with Crippen LogP contribution in [0.3, 0.4) is 0 Å². The van der Waals surface area contributed by atoms with Gasteiger partial charge in [-0.1, -0.05) is 6.92 Å². The van der Waals surface area contributed by atoms with Crippen molar-refractivity contribution in [3.8, 4) is 0 Å². The minimum absolute atomic E-state index is 0.0533. The molecular weight excluding hydrogens is 473 g/mol. The number of rotatable bonds is 4. The number of benzene rings is 1. The van der Waals surface area contributed by atoms with Gasteiger partial charge < -0.3 is 20.1 Å². The number of halogens is 3. The molecule has 0 aliphatic carbocycles. The number of alkyl halides is 3. The van der Waals surface area contributed by atoms with Gasteiger partial charge in [0.1, 0.15) is 5.82 Å². The SMILES string of the molecule is C[C@@H]1COCC[C@H]1N(Cc1ccc(C(F)(F)F)cn1)C(=O)c1ccc2nc(N)c3c(c2c1)CO[C@@H]3C. The lowest BCUT2D eigenvalue weighted by molar-refractivity contribution is -0.137. The number of nitrogens with zero attached hydrogens (tertiary/aromatic N) is 3. The van der Waals surface area contributed by atoms with Gasteiger partial charge in [-0.3, -0.25) is 9.78 Å². The van der Waals surface area contributed by atoms with Crippen molar-refractivity contribution in [3.63, 3.8) is 0 Å². The van der Waals surface area contributed by atoms with E-state index in [-0.39, 0.29) is 30.5 Å². The molecule has 2 aromatic heterocycles. The van der Waals surface area contributed by atoms with Crippen LogP contribution < -0.4 is 5.73 Å². The van der Waals surface area contributed by atoms with E-state index in [1.165, 1.54) is 6.07 Å². The fourth-order valence-electron chi connectivity index (χ4n) is 5.10. The molecule has 5 rings (SSSR count). The zero-order chi connectivity index (χ0) is 25.6. The molecule has 36 heavy (non-hydrogen) atoms. The molecule has 4 heterocycles. The number of fused-ring (bicyclic) bond motifs is 3. The predicted octanol–water partition coefficient (Wildman–Crippen LogP) is 4.89. The highest BCUT2D eigenvalue weighted by Gasteiger charge is 2.34. The maximum atomic E-state index is 13.9. The molecule has 190 valence electrons. The Bertz CT molecular complexity index is 1300. The van der Waals surface area contributed by atoms with Crippen LogP contribution in [0.4, 0.5) is 19.0 Å². The minimum atomic E-state index is -4.47. The Morgan fingerprint density at radius 1 is 1.22 bits per heavy atom. The molecule has 0 bridgehead atoms. The highest BCUT2D eigenvalue weighted by Crippen LogP contribution is 2.38. The Labute approximate surface area is 206 Å². The van der Waals surface area contributed by atoms with Gasteiger partial charge in [0.25, 0.3) is 5.91 Å². The number of hydrogen-bond donors (Lipinski definition) is 1. The second kappa shape index (κ2) is 9.33. The lowest BCUT2D eigenvalue weighted by Gasteiger charge is -2.38. The molecule has 2 N–H and O–H groups in total. The van der Waals surface area contributed by atoms with Crippen LogP contribution >= 0.6 is 0 Å². The van der Waals surface area contributed by atoms with Crippen LogP contribution in [0.15, 0.2) is 36.5 Å². The van der Waals surface area contributed by atoms with Crippen molar-refractivity contribution in [2.75, 3.05) is 18.9 Å². The molecule has 0 saturated carbocycles. The molecule has 3 atom stereocenters. The average molecular weight is 501 g/mol. The van der Waals surface area contributed by atoms with Gasteiger partial charge in [0.2, 0.25) is 0 Å². The lowest BCUT2D eigenvalue weighted by atomic mass is 9.94. The van der Waals surface area contributed by atoms with E-state index in [2.05, 4.69) is 9.97 Å². The molecule has 0 unspecified atom stereocenters. The van der Waals surface area contributed by atoms with Gasteiger partial charge in [-0.05, 0) is 49.2 Å². The topological polar surface area (TPSA) is 90.6 Å². The van der Waals surface area contributed by atoms with Gasteiger partial charge in [-0.15, -0.1) is 0 Å². The average Bonchev–Trinajstić information content (AvgIpc) is 3.25. The number of aromatic nitrogens is 2. The first-order valence-electron chi connectivity index (χ1n) is 11.9. The van der Waals surface area contributed by atoms with Crippen LogP contribution in [0, 0.1) is 5.92 Å². The molecule has 1 fully saturated rings. The van der Waals surface area contributed by atoms with E-state index >= 15 is 0 Å². The smallest absolute Gasteiger partial charge is 0.383 e. The van der Waals surface area contributed by atoms with E-state index in [9.17, 15) is 18.0 Å². The summed E-state index contributed by atoms with van der Waals surface area (Å²) in [7, 11) is 0. The van der Waals surface area contributed by atoms with Crippen molar-refractivity contribution in [2.24, 2.45) is 5.92 Å². The number of carbonyl (C=O) groups is 1. The van der Waals surface area contributed by atoms with Gasteiger partial charge in [0, 0.05) is 41.3 Å². The molecule has 10 heteroatoms. The first-order valence-corrected chi connectivity index (χ1v) is 11.9. The van der Waals surface area contributed by atoms with Crippen molar-refractivity contribution in [1.29, 1.82) is 0 Å². The van der Waals surface area contributed by atoms with E-state index in [4.69, 9.17) is 15.2 Å². The van der Waals surface area contributed by atoms with Crippen molar-refractivity contribution >= 4 is 22.6 Å². The second-order valence-electron chi connectivity index (χ2n) is 9.45. The summed E-state index contributed by atoms with van der Waals surface area (Å²) in [6.45, 7) is 5.39. The van der Waals surface area contributed by atoms with Gasteiger partial charge in [0.05, 0.1) is 42.6 Å². The zero-order valence-electron chi connectivity index (χ0n) is 20.0. The second-order valence-corrected chi connectivity index (χ2v) is 9.45. The number of amides is 1. The maximum Gasteiger partial charge on any atom is 0.417 e. The standard InChI is InChI=1S/C26H27F3N4O3/c1-14-12-35-8-7-22(14)33(11-18-5-4-17(10-31-18)26(27,28)29)25(34)16-3-6-21-19(9-16)20-13-36-15(2)23(20)24(30)32-21/h3-6,9-10,14-15,22H,7-8,11-13H2,1-2H3,(H2,30,32)/t14-,15-,22-/m1/s1.